The molecule has 2 unspecified atom stereocenters. The number of halogens is 2. The van der Waals surface area contributed by atoms with Gasteiger partial charge >= 0.3 is 138 Å². The number of rotatable bonds is 3. The molecule has 0 aromatic heterocycles. The third-order valence-electron chi connectivity index (χ3n) is 5.23. The Kier molecular flexibility index (Phi) is 6.53. The Hall–Kier alpha value is -0.829. The third kappa shape index (κ3) is 3.16. The molecule has 0 N–H and O–H groups in total. The van der Waals surface area contributed by atoms with E-state index < -0.39 is 15.8 Å². The molecule has 2 aliphatic carbocycles. The Morgan fingerprint density at radius 3 is 2.33 bits per heavy atom. The average molecular weight is 409 g/mol. The molecular weight excluding hydrogens is 387 g/mol. The zero-order chi connectivity index (χ0) is 15.0. The fourth-order valence-electron chi connectivity index (χ4n) is 3.93. The minimum atomic E-state index is -2.29. The third-order valence-corrected chi connectivity index (χ3v) is 20.6. The normalized spacial score (nSPS) is 19.8. The predicted octanol–water partition coefficient (Wildman–Crippen LogP) is 4.20. The van der Waals surface area contributed by atoms with E-state index in [2.05, 4.69) is 85.0 Å². The molecule has 0 nitrogen and oxygen atoms in total. The molecule has 2 aliphatic rings. The van der Waals surface area contributed by atoms with Gasteiger partial charge in [-0.05, 0) is 0 Å². The predicted molar refractivity (Wildman–Crippen MR) is 111 cm³/mol. The van der Waals surface area contributed by atoms with Gasteiger partial charge in [-0.3, -0.25) is 0 Å². The molecule has 124 valence electrons. The molecule has 0 fully saturated rings. The minimum absolute atomic E-state index is 0. The van der Waals surface area contributed by atoms with Crippen molar-refractivity contribution in [3.8, 4) is 0 Å². The summed E-state index contributed by atoms with van der Waals surface area (Å²) in [6, 6.07) is 20.4. The van der Waals surface area contributed by atoms with Crippen molar-refractivity contribution < 1.29 is 15.8 Å². The Bertz CT molecular complexity index is 798. The van der Waals surface area contributed by atoms with Crippen LogP contribution in [0, 0.1) is 0 Å². The molecule has 2 aromatic rings. The molecule has 0 amide bonds. The van der Waals surface area contributed by atoms with Crippen molar-refractivity contribution in [3.05, 3.63) is 93.9 Å². The topological polar surface area (TPSA) is 0 Å². The molecule has 4 rings (SSSR count). The second-order valence-corrected chi connectivity index (χ2v) is 19.5. The SMILES string of the molecule is Cl.Cl.[SiH3][Ti]([C]1=CC=CC1)([c]1ccccc1)[CH]1C=Cc2ccccc21. The maximum absolute atomic E-state index is 2.50. The number of fused-ring (bicyclic) bond motifs is 1. The van der Waals surface area contributed by atoms with E-state index in [1.165, 1.54) is 20.1 Å². The number of benzene rings is 2. The van der Waals surface area contributed by atoms with Gasteiger partial charge in [-0.25, -0.2) is 0 Å². The van der Waals surface area contributed by atoms with Gasteiger partial charge in [0.05, 0.1) is 0 Å². The first-order valence-corrected chi connectivity index (χ1v) is 16.1. The average Bonchev–Trinajstić information content (AvgIpc) is 3.25. The van der Waals surface area contributed by atoms with Crippen molar-refractivity contribution in [2.24, 2.45) is 0 Å². The van der Waals surface area contributed by atoms with Crippen molar-refractivity contribution >= 4 is 42.9 Å². The van der Waals surface area contributed by atoms with Crippen molar-refractivity contribution in [1.82, 2.24) is 0 Å². The first-order valence-electron chi connectivity index (χ1n) is 7.99. The van der Waals surface area contributed by atoms with E-state index in [0.29, 0.717) is 4.22 Å². The second-order valence-electron chi connectivity index (χ2n) is 6.36. The van der Waals surface area contributed by atoms with E-state index in [1.54, 1.807) is 13.3 Å². The number of hydrogen-bond acceptors (Lipinski definition) is 0. The van der Waals surface area contributed by atoms with Crippen LogP contribution >= 0.6 is 24.8 Å². The molecule has 0 bridgehead atoms. The molecule has 0 aliphatic heterocycles. The summed E-state index contributed by atoms with van der Waals surface area (Å²) in [7, 11) is 1.29. The Morgan fingerprint density at radius 2 is 1.62 bits per heavy atom. The van der Waals surface area contributed by atoms with E-state index in [-0.39, 0.29) is 24.8 Å². The van der Waals surface area contributed by atoms with Crippen molar-refractivity contribution in [2.75, 3.05) is 0 Å². The number of hydrogen-bond donors (Lipinski definition) is 0. The van der Waals surface area contributed by atoms with Crippen LogP contribution in [0.1, 0.15) is 21.8 Å². The van der Waals surface area contributed by atoms with Crippen molar-refractivity contribution in [3.63, 3.8) is 0 Å². The van der Waals surface area contributed by atoms with Gasteiger partial charge in [-0.1, -0.05) is 0 Å². The Labute approximate surface area is 162 Å². The number of allylic oxidation sites excluding steroid dienone is 5. The van der Waals surface area contributed by atoms with E-state index in [1.807, 2.05) is 0 Å². The first kappa shape index (κ1) is 19.5. The van der Waals surface area contributed by atoms with E-state index in [0.717, 1.165) is 0 Å². The summed E-state index contributed by atoms with van der Waals surface area (Å²) in [6.07, 6.45) is 13.1. The standard InChI is InChI=1S/C9H7.C6H5.C5H5.2ClH.H3Si.Ti/c1-2-5-9-7-3-6-8(9)4-1;1-2-4-6-5-3-1;1-2-4-5-3-1;;;;/h1-7H;1-5H;1-3H,4H2;2*1H;1H3;. The van der Waals surface area contributed by atoms with Crippen molar-refractivity contribution in [1.29, 1.82) is 0 Å². The van der Waals surface area contributed by atoms with Crippen molar-refractivity contribution in [2.45, 2.75) is 10.6 Å². The summed E-state index contributed by atoms with van der Waals surface area (Å²) in [5.41, 5.74) is 3.00. The van der Waals surface area contributed by atoms with Crippen LogP contribution in [0.3, 0.4) is 0 Å². The zero-order valence-electron chi connectivity index (χ0n) is 13.7. The molecule has 4 heteroatoms. The van der Waals surface area contributed by atoms with Gasteiger partial charge < -0.3 is 0 Å². The van der Waals surface area contributed by atoms with E-state index in [9.17, 15) is 0 Å². The van der Waals surface area contributed by atoms with Crippen LogP contribution < -0.4 is 3.87 Å². The van der Waals surface area contributed by atoms with E-state index in [4.69, 9.17) is 0 Å². The van der Waals surface area contributed by atoms with Crippen LogP contribution in [0.5, 0.6) is 0 Å². The maximum atomic E-state index is 2.50. The van der Waals surface area contributed by atoms with Gasteiger partial charge in [-0.2, -0.15) is 0 Å². The molecule has 24 heavy (non-hydrogen) atoms. The summed E-state index contributed by atoms with van der Waals surface area (Å²) in [5, 5.41) is 0. The zero-order valence-corrected chi connectivity index (χ0v) is 18.9. The van der Waals surface area contributed by atoms with E-state index >= 15 is 0 Å². The molecule has 2 aromatic carbocycles. The molecule has 2 atom stereocenters. The molecule has 0 spiro atoms. The molecule has 0 saturated heterocycles. The fourth-order valence-corrected chi connectivity index (χ4v) is 15.7. The Morgan fingerprint density at radius 1 is 0.917 bits per heavy atom. The summed E-state index contributed by atoms with van der Waals surface area (Å²) in [6.45, 7) is 0. The van der Waals surface area contributed by atoms with Gasteiger partial charge in [-0.15, -0.1) is 24.8 Å². The van der Waals surface area contributed by atoms with Gasteiger partial charge in [0, 0.05) is 0 Å². The van der Waals surface area contributed by atoms with Gasteiger partial charge in [0.2, 0.25) is 0 Å². The monoisotopic (exact) mass is 408 g/mol. The Balaban J connectivity index is 0.00000104. The quantitative estimate of drug-likeness (QED) is 0.667. The summed E-state index contributed by atoms with van der Waals surface area (Å²) in [4.78, 5) is 0. The molecular formula is C20H22Cl2SiTi. The van der Waals surface area contributed by atoms with Crippen LogP contribution in [-0.2, 0) is 15.8 Å². The first-order chi connectivity index (χ1) is 10.8. The van der Waals surface area contributed by atoms with Crippen LogP contribution in [0.15, 0.2) is 82.8 Å². The summed E-state index contributed by atoms with van der Waals surface area (Å²) >= 11 is -2.29. The van der Waals surface area contributed by atoms with Crippen LogP contribution in [0.25, 0.3) is 6.08 Å². The van der Waals surface area contributed by atoms with Crippen LogP contribution in [0.4, 0.5) is 0 Å². The van der Waals surface area contributed by atoms with Gasteiger partial charge in [0.15, 0.2) is 0 Å². The molecule has 0 heterocycles. The summed E-state index contributed by atoms with van der Waals surface area (Å²) in [5.74, 6) is 0. The molecule has 0 saturated carbocycles. The molecule has 0 radical (unpaired) electrons. The van der Waals surface area contributed by atoms with Gasteiger partial charge in [0.25, 0.3) is 0 Å². The summed E-state index contributed by atoms with van der Waals surface area (Å²) < 4.78 is 4.05. The van der Waals surface area contributed by atoms with Crippen LogP contribution in [-0.4, -0.2) is 8.11 Å². The second kappa shape index (κ2) is 8.03. The van der Waals surface area contributed by atoms with Gasteiger partial charge in [0.1, 0.15) is 0 Å². The fraction of sp³-hybridized carbons (Fsp3) is 0.100. The van der Waals surface area contributed by atoms with Crippen LogP contribution in [0.2, 0.25) is 0 Å².